The molecule has 7 nitrogen and oxygen atoms in total. The molecule has 2 atom stereocenters. The van der Waals surface area contributed by atoms with Gasteiger partial charge in [-0.05, 0) is 13.3 Å². The van der Waals surface area contributed by atoms with Crippen LogP contribution >= 0.6 is 24.0 Å². The van der Waals surface area contributed by atoms with Gasteiger partial charge in [-0.1, -0.05) is 0 Å². The number of piperazine rings is 3. The molecule has 0 radical (unpaired) electrons. The van der Waals surface area contributed by atoms with Crippen molar-refractivity contribution in [1.29, 1.82) is 0 Å². The van der Waals surface area contributed by atoms with E-state index in [2.05, 4.69) is 32.7 Å². The monoisotopic (exact) mass is 436 g/mol. The third kappa shape index (κ3) is 5.18. The quantitative estimate of drug-likeness (QED) is 0.313. The van der Waals surface area contributed by atoms with Crippen LogP contribution in [0.5, 0.6) is 0 Å². The molecule has 4 aliphatic rings. The predicted octanol–water partition coefficient (Wildman–Crippen LogP) is -0.562. The summed E-state index contributed by atoms with van der Waals surface area (Å²) in [7, 11) is 0. The summed E-state index contributed by atoms with van der Waals surface area (Å²) >= 11 is 0. The van der Waals surface area contributed by atoms with Crippen molar-refractivity contribution >= 4 is 35.8 Å². The van der Waals surface area contributed by atoms with Crippen LogP contribution in [0.4, 0.5) is 0 Å². The molecule has 4 heterocycles. The first-order valence-electron chi connectivity index (χ1n) is 8.52. The van der Waals surface area contributed by atoms with Gasteiger partial charge in [-0.15, -0.1) is 24.0 Å². The number of rotatable bonds is 4. The Labute approximate surface area is 155 Å². The van der Waals surface area contributed by atoms with Crippen LogP contribution in [0, 0.1) is 0 Å². The van der Waals surface area contributed by atoms with Crippen molar-refractivity contribution in [3.05, 3.63) is 0 Å². The van der Waals surface area contributed by atoms with E-state index < -0.39 is 0 Å². The number of carbonyl (C=O) groups is 1. The fraction of sp³-hybridized carbons (Fsp3) is 0.867. The normalized spacial score (nSPS) is 33.6. The summed E-state index contributed by atoms with van der Waals surface area (Å²) in [6, 6.07) is 0.825. The van der Waals surface area contributed by atoms with Crippen LogP contribution in [0.15, 0.2) is 4.99 Å². The van der Waals surface area contributed by atoms with Gasteiger partial charge in [0.25, 0.3) is 0 Å². The lowest BCUT2D eigenvalue weighted by atomic mass is 10.1. The molecule has 3 N–H and O–H groups in total. The van der Waals surface area contributed by atoms with Crippen molar-refractivity contribution < 1.29 is 4.79 Å². The topological polar surface area (TPSA) is 72.0 Å². The maximum absolute atomic E-state index is 11.2. The summed E-state index contributed by atoms with van der Waals surface area (Å²) < 4.78 is 0. The highest BCUT2D eigenvalue weighted by molar-refractivity contribution is 14.0. The second kappa shape index (κ2) is 9.03. The number of halogens is 1. The van der Waals surface area contributed by atoms with Gasteiger partial charge >= 0.3 is 0 Å². The Balaban J connectivity index is 0.00000192. The first kappa shape index (κ1) is 18.7. The summed E-state index contributed by atoms with van der Waals surface area (Å²) in [5.74, 6) is 1.03. The fourth-order valence-electron chi connectivity index (χ4n) is 3.46. The number of fused-ring (bicyclic) bond motifs is 3. The number of nitrogens with zero attached hydrogens (tertiary/aromatic N) is 3. The van der Waals surface area contributed by atoms with Gasteiger partial charge in [-0.2, -0.15) is 0 Å². The van der Waals surface area contributed by atoms with Gasteiger partial charge in [-0.25, -0.2) is 0 Å². The minimum absolute atomic E-state index is 0. The predicted molar refractivity (Wildman–Crippen MR) is 102 cm³/mol. The summed E-state index contributed by atoms with van der Waals surface area (Å²) in [6.07, 6.45) is 1.47. The minimum atomic E-state index is 0. The molecule has 4 saturated heterocycles. The van der Waals surface area contributed by atoms with E-state index in [4.69, 9.17) is 4.99 Å². The van der Waals surface area contributed by atoms with Crippen LogP contribution in [-0.2, 0) is 4.79 Å². The number of carbonyl (C=O) groups excluding carboxylic acids is 1. The standard InChI is InChI=1S/C15H28N6O.HI/c1-2-16-15(19-12-3-4-14(22)17-9-12)18-10-13-11-20-5-7-21(13)8-6-20;/h12-13H,2-11H2,1H3,(H,17,22)(H2,16,18,19);1H. The molecule has 0 spiro atoms. The van der Waals surface area contributed by atoms with Crippen molar-refractivity contribution in [3.8, 4) is 0 Å². The second-order valence-corrected chi connectivity index (χ2v) is 6.39. The molecular weight excluding hydrogens is 407 g/mol. The molecule has 0 aromatic heterocycles. The van der Waals surface area contributed by atoms with Crippen LogP contribution in [-0.4, -0.2) is 86.1 Å². The highest BCUT2D eigenvalue weighted by Gasteiger charge is 2.31. The molecule has 4 fully saturated rings. The zero-order chi connectivity index (χ0) is 15.4. The van der Waals surface area contributed by atoms with Gasteiger partial charge in [0.2, 0.25) is 5.91 Å². The molecule has 2 bridgehead atoms. The Kier molecular flexibility index (Phi) is 7.35. The van der Waals surface area contributed by atoms with E-state index in [-0.39, 0.29) is 35.9 Å². The summed E-state index contributed by atoms with van der Waals surface area (Å²) in [4.78, 5) is 21.1. The first-order chi connectivity index (χ1) is 10.7. The van der Waals surface area contributed by atoms with Gasteiger partial charge in [-0.3, -0.25) is 19.6 Å². The van der Waals surface area contributed by atoms with E-state index in [1.807, 2.05) is 0 Å². The molecule has 1 amide bonds. The summed E-state index contributed by atoms with van der Waals surface area (Å²) in [6.45, 7) is 10.4. The molecular formula is C15H29IN6O. The van der Waals surface area contributed by atoms with Gasteiger partial charge in [0.1, 0.15) is 0 Å². The Morgan fingerprint density at radius 3 is 2.70 bits per heavy atom. The third-order valence-corrected chi connectivity index (χ3v) is 4.80. The second-order valence-electron chi connectivity index (χ2n) is 6.39. The number of hydrogen-bond acceptors (Lipinski definition) is 4. The largest absolute Gasteiger partial charge is 0.357 e. The number of hydrogen-bond donors (Lipinski definition) is 3. The Morgan fingerprint density at radius 2 is 2.13 bits per heavy atom. The van der Waals surface area contributed by atoms with Crippen LogP contribution in [0.2, 0.25) is 0 Å². The lowest BCUT2D eigenvalue weighted by Gasteiger charge is -2.47. The third-order valence-electron chi connectivity index (χ3n) is 4.80. The molecule has 8 heteroatoms. The number of amides is 1. The molecule has 132 valence electrons. The molecule has 0 saturated carbocycles. The Hall–Kier alpha value is -0.610. The molecule has 0 aromatic rings. The number of piperidine rings is 1. The van der Waals surface area contributed by atoms with Gasteiger partial charge in [0.05, 0.1) is 6.54 Å². The molecule has 4 aliphatic heterocycles. The molecule has 23 heavy (non-hydrogen) atoms. The fourth-order valence-corrected chi connectivity index (χ4v) is 3.46. The van der Waals surface area contributed by atoms with Gasteiger partial charge in [0.15, 0.2) is 5.96 Å². The first-order valence-corrected chi connectivity index (χ1v) is 8.52. The highest BCUT2D eigenvalue weighted by atomic mass is 127. The number of aliphatic imine (C=N–C) groups is 1. The van der Waals surface area contributed by atoms with E-state index in [1.54, 1.807) is 0 Å². The average Bonchev–Trinajstić information content (AvgIpc) is 2.56. The lowest BCUT2D eigenvalue weighted by Crippen LogP contribution is -2.62. The van der Waals surface area contributed by atoms with Crippen LogP contribution in [0.1, 0.15) is 19.8 Å². The maximum atomic E-state index is 11.2. The zero-order valence-corrected chi connectivity index (χ0v) is 16.2. The summed E-state index contributed by atoms with van der Waals surface area (Å²) in [5.41, 5.74) is 0. The van der Waals surface area contributed by atoms with E-state index in [9.17, 15) is 4.79 Å². The van der Waals surface area contributed by atoms with Gasteiger partial charge < -0.3 is 16.0 Å². The summed E-state index contributed by atoms with van der Waals surface area (Å²) in [5, 5.41) is 9.68. The van der Waals surface area contributed by atoms with E-state index in [0.29, 0.717) is 19.0 Å². The smallest absolute Gasteiger partial charge is 0.220 e. The molecule has 0 aromatic carbocycles. The van der Waals surface area contributed by atoms with Crippen molar-refractivity contribution in [2.75, 3.05) is 52.4 Å². The van der Waals surface area contributed by atoms with Crippen molar-refractivity contribution in [2.24, 2.45) is 4.99 Å². The lowest BCUT2D eigenvalue weighted by molar-refractivity contribution is -0.122. The van der Waals surface area contributed by atoms with Crippen LogP contribution in [0.25, 0.3) is 0 Å². The van der Waals surface area contributed by atoms with Crippen molar-refractivity contribution in [1.82, 2.24) is 25.8 Å². The van der Waals surface area contributed by atoms with E-state index in [0.717, 1.165) is 32.0 Å². The van der Waals surface area contributed by atoms with Crippen molar-refractivity contribution in [2.45, 2.75) is 31.8 Å². The molecule has 0 aliphatic carbocycles. The Morgan fingerprint density at radius 1 is 1.35 bits per heavy atom. The average molecular weight is 436 g/mol. The Bertz CT molecular complexity index is 414. The van der Waals surface area contributed by atoms with Crippen molar-refractivity contribution in [3.63, 3.8) is 0 Å². The van der Waals surface area contributed by atoms with Crippen LogP contribution in [0.3, 0.4) is 0 Å². The minimum Gasteiger partial charge on any atom is -0.357 e. The number of nitrogens with one attached hydrogen (secondary N) is 3. The van der Waals surface area contributed by atoms with E-state index in [1.165, 1.54) is 26.2 Å². The number of guanidine groups is 1. The maximum Gasteiger partial charge on any atom is 0.220 e. The molecule has 4 rings (SSSR count). The molecule has 2 unspecified atom stereocenters. The SMILES string of the molecule is CCNC(=NCC1CN2CCN1CC2)NC1CCC(=O)NC1.I. The van der Waals surface area contributed by atoms with Crippen LogP contribution < -0.4 is 16.0 Å². The highest BCUT2D eigenvalue weighted by Crippen LogP contribution is 2.15. The zero-order valence-electron chi connectivity index (χ0n) is 13.9. The van der Waals surface area contributed by atoms with Gasteiger partial charge in [0, 0.05) is 64.3 Å². The van der Waals surface area contributed by atoms with E-state index >= 15 is 0 Å².